The Labute approximate surface area is 115 Å². The monoisotopic (exact) mass is 264 g/mol. The normalized spacial score (nSPS) is 24.2. The fraction of sp³-hybridized carbons (Fsp3) is 0.600. The summed E-state index contributed by atoms with van der Waals surface area (Å²) in [6.45, 7) is 7.48. The van der Waals surface area contributed by atoms with Gasteiger partial charge in [0.15, 0.2) is 11.5 Å². The largest absolute Gasteiger partial charge is 0.493 e. The van der Waals surface area contributed by atoms with E-state index in [4.69, 9.17) is 9.47 Å². The van der Waals surface area contributed by atoms with Crippen LogP contribution in [0.2, 0.25) is 0 Å². The Morgan fingerprint density at radius 2 is 1.84 bits per heavy atom. The molecule has 0 amide bonds. The molecule has 106 valence electrons. The van der Waals surface area contributed by atoms with Crippen molar-refractivity contribution >= 4 is 0 Å². The van der Waals surface area contributed by atoms with Gasteiger partial charge in [0.05, 0.1) is 14.2 Å². The highest BCUT2D eigenvalue weighted by atomic mass is 16.5. The second-order valence-corrected chi connectivity index (χ2v) is 5.32. The first-order valence-electron chi connectivity index (χ1n) is 6.82. The number of ether oxygens (including phenoxy) is 2. The number of hydrogen-bond donors (Lipinski definition) is 1. The van der Waals surface area contributed by atoms with Crippen LogP contribution in [0.15, 0.2) is 18.2 Å². The summed E-state index contributed by atoms with van der Waals surface area (Å²) in [5.74, 6) is 1.65. The fourth-order valence-electron chi connectivity index (χ4n) is 2.89. The predicted molar refractivity (Wildman–Crippen MR) is 76.9 cm³/mol. The predicted octanol–water partition coefficient (Wildman–Crippen LogP) is 1.89. The summed E-state index contributed by atoms with van der Waals surface area (Å²) in [5, 5.41) is 3.55. The molecule has 1 N–H and O–H groups in total. The molecule has 1 aliphatic rings. The molecule has 2 unspecified atom stereocenters. The van der Waals surface area contributed by atoms with Crippen molar-refractivity contribution in [2.24, 2.45) is 0 Å². The molecule has 4 heteroatoms. The van der Waals surface area contributed by atoms with Crippen molar-refractivity contribution in [3.05, 3.63) is 23.8 Å². The molecule has 0 aromatic heterocycles. The van der Waals surface area contributed by atoms with Crippen LogP contribution in [0.3, 0.4) is 0 Å². The van der Waals surface area contributed by atoms with Gasteiger partial charge < -0.3 is 14.8 Å². The van der Waals surface area contributed by atoms with Gasteiger partial charge in [-0.2, -0.15) is 0 Å². The number of hydrogen-bond acceptors (Lipinski definition) is 4. The third kappa shape index (κ3) is 3.39. The van der Waals surface area contributed by atoms with E-state index in [0.29, 0.717) is 12.1 Å². The molecule has 4 nitrogen and oxygen atoms in total. The van der Waals surface area contributed by atoms with Crippen molar-refractivity contribution in [3.8, 4) is 11.5 Å². The zero-order valence-corrected chi connectivity index (χ0v) is 12.3. The van der Waals surface area contributed by atoms with E-state index in [0.717, 1.165) is 31.1 Å². The number of nitrogens with zero attached hydrogens (tertiary/aromatic N) is 1. The topological polar surface area (TPSA) is 33.7 Å². The van der Waals surface area contributed by atoms with E-state index in [2.05, 4.69) is 30.1 Å². The Balaban J connectivity index is 2.14. The number of rotatable bonds is 4. The highest BCUT2D eigenvalue weighted by Gasteiger charge is 2.22. The van der Waals surface area contributed by atoms with Crippen LogP contribution in [0.5, 0.6) is 11.5 Å². The van der Waals surface area contributed by atoms with Crippen LogP contribution >= 0.6 is 0 Å². The van der Waals surface area contributed by atoms with Gasteiger partial charge in [-0.3, -0.25) is 4.90 Å². The van der Waals surface area contributed by atoms with Crippen molar-refractivity contribution in [2.45, 2.75) is 32.5 Å². The van der Waals surface area contributed by atoms with E-state index in [9.17, 15) is 0 Å². The first-order valence-corrected chi connectivity index (χ1v) is 6.82. The zero-order chi connectivity index (χ0) is 13.8. The first-order chi connectivity index (χ1) is 9.13. The number of benzene rings is 1. The average molecular weight is 264 g/mol. The van der Waals surface area contributed by atoms with E-state index in [-0.39, 0.29) is 0 Å². The lowest BCUT2D eigenvalue weighted by molar-refractivity contribution is 0.165. The summed E-state index contributed by atoms with van der Waals surface area (Å²) in [7, 11) is 3.38. The van der Waals surface area contributed by atoms with Gasteiger partial charge in [-0.25, -0.2) is 0 Å². The van der Waals surface area contributed by atoms with E-state index >= 15 is 0 Å². The Hall–Kier alpha value is -1.26. The molecule has 1 heterocycles. The van der Waals surface area contributed by atoms with Crippen LogP contribution < -0.4 is 14.8 Å². The quantitative estimate of drug-likeness (QED) is 0.900. The maximum absolute atomic E-state index is 5.50. The molecular formula is C15H24N2O2. The lowest BCUT2D eigenvalue weighted by Gasteiger charge is -2.36. The maximum Gasteiger partial charge on any atom is 0.165 e. The average Bonchev–Trinajstić information content (AvgIpc) is 2.37. The second kappa shape index (κ2) is 6.26. The van der Waals surface area contributed by atoms with Gasteiger partial charge >= 0.3 is 0 Å². The molecule has 0 aliphatic carbocycles. The van der Waals surface area contributed by atoms with Crippen LogP contribution in [-0.2, 0) is 6.54 Å². The highest BCUT2D eigenvalue weighted by Crippen LogP contribution is 2.31. The summed E-state index contributed by atoms with van der Waals surface area (Å²) in [6.07, 6.45) is 0. The lowest BCUT2D eigenvalue weighted by Crippen LogP contribution is -2.53. The Morgan fingerprint density at radius 3 is 2.42 bits per heavy atom. The van der Waals surface area contributed by atoms with Crippen molar-refractivity contribution in [3.63, 3.8) is 0 Å². The van der Waals surface area contributed by atoms with E-state index in [1.54, 1.807) is 14.2 Å². The smallest absolute Gasteiger partial charge is 0.165 e. The molecule has 1 aromatic carbocycles. The molecule has 0 spiro atoms. The van der Waals surface area contributed by atoms with Crippen LogP contribution in [0.4, 0.5) is 0 Å². The van der Waals surface area contributed by atoms with Gasteiger partial charge in [-0.05, 0) is 19.9 Å². The van der Waals surface area contributed by atoms with Gasteiger partial charge in [0.1, 0.15) is 0 Å². The van der Waals surface area contributed by atoms with Crippen molar-refractivity contribution in [1.29, 1.82) is 0 Å². The van der Waals surface area contributed by atoms with E-state index < -0.39 is 0 Å². The fourth-order valence-corrected chi connectivity index (χ4v) is 2.89. The summed E-state index contributed by atoms with van der Waals surface area (Å²) >= 11 is 0. The van der Waals surface area contributed by atoms with E-state index in [1.165, 1.54) is 5.56 Å². The Bertz CT molecular complexity index is 413. The molecule has 2 rings (SSSR count). The van der Waals surface area contributed by atoms with Crippen molar-refractivity contribution in [1.82, 2.24) is 10.2 Å². The maximum atomic E-state index is 5.50. The molecule has 1 fully saturated rings. The minimum Gasteiger partial charge on any atom is -0.493 e. The summed E-state index contributed by atoms with van der Waals surface area (Å²) in [6, 6.07) is 7.12. The molecule has 1 saturated heterocycles. The molecule has 19 heavy (non-hydrogen) atoms. The zero-order valence-electron chi connectivity index (χ0n) is 12.3. The van der Waals surface area contributed by atoms with Gasteiger partial charge in [-0.1, -0.05) is 12.1 Å². The number of nitrogens with one attached hydrogen (secondary N) is 1. The third-order valence-electron chi connectivity index (χ3n) is 3.51. The molecular weight excluding hydrogens is 240 g/mol. The molecule has 2 atom stereocenters. The van der Waals surface area contributed by atoms with Crippen LogP contribution in [0.25, 0.3) is 0 Å². The second-order valence-electron chi connectivity index (χ2n) is 5.32. The van der Waals surface area contributed by atoms with Gasteiger partial charge in [0, 0.05) is 37.3 Å². The van der Waals surface area contributed by atoms with Gasteiger partial charge in [0.25, 0.3) is 0 Å². The molecule has 1 aromatic rings. The van der Waals surface area contributed by atoms with E-state index in [1.807, 2.05) is 12.1 Å². The summed E-state index contributed by atoms with van der Waals surface area (Å²) < 4.78 is 10.8. The van der Waals surface area contributed by atoms with Gasteiger partial charge in [-0.15, -0.1) is 0 Å². The summed E-state index contributed by atoms with van der Waals surface area (Å²) in [4.78, 5) is 2.46. The number of methoxy groups -OCH3 is 2. The molecule has 1 aliphatic heterocycles. The SMILES string of the molecule is COc1cccc(CN2CC(C)NC(C)C2)c1OC. The first kappa shape index (κ1) is 14.2. The van der Waals surface area contributed by atoms with Crippen molar-refractivity contribution in [2.75, 3.05) is 27.3 Å². The lowest BCUT2D eigenvalue weighted by atomic mass is 10.1. The summed E-state index contributed by atoms with van der Waals surface area (Å²) in [5.41, 5.74) is 1.18. The molecule has 0 bridgehead atoms. The molecule has 0 radical (unpaired) electrons. The van der Waals surface area contributed by atoms with Crippen LogP contribution in [-0.4, -0.2) is 44.3 Å². The van der Waals surface area contributed by atoms with Crippen LogP contribution in [0, 0.1) is 0 Å². The van der Waals surface area contributed by atoms with Crippen molar-refractivity contribution < 1.29 is 9.47 Å². The number of piperazine rings is 1. The minimum absolute atomic E-state index is 0.528. The standard InChI is InChI=1S/C15H24N2O2/c1-11-8-17(9-12(2)16-11)10-13-6-5-7-14(18-3)15(13)19-4/h5-7,11-12,16H,8-10H2,1-4H3. The van der Waals surface area contributed by atoms with Crippen LogP contribution in [0.1, 0.15) is 19.4 Å². The van der Waals surface area contributed by atoms with Gasteiger partial charge in [0.2, 0.25) is 0 Å². The molecule has 0 saturated carbocycles. The third-order valence-corrected chi connectivity index (χ3v) is 3.51. The minimum atomic E-state index is 0.528. The number of para-hydroxylation sites is 1. The Kier molecular flexibility index (Phi) is 4.66. The Morgan fingerprint density at radius 1 is 1.16 bits per heavy atom. The highest BCUT2D eigenvalue weighted by molar-refractivity contribution is 5.46.